The van der Waals surface area contributed by atoms with Crippen molar-refractivity contribution in [3.63, 3.8) is 0 Å². The van der Waals surface area contributed by atoms with Crippen LogP contribution in [0.3, 0.4) is 0 Å². The van der Waals surface area contributed by atoms with Crippen LogP contribution >= 0.6 is 0 Å². The molecule has 0 amide bonds. The van der Waals surface area contributed by atoms with Crippen molar-refractivity contribution in [3.05, 3.63) is 29.8 Å². The number of rotatable bonds is 4. The predicted octanol–water partition coefficient (Wildman–Crippen LogP) is 4.87. The highest BCUT2D eigenvalue weighted by Gasteiger charge is 2.44. The minimum absolute atomic E-state index is 0.195. The SMILES string of the molecule is CCCOc1ccc(C2(N)CCCCC2C(C)(C)C)cc1. The molecule has 1 aromatic rings. The number of hydrogen-bond acceptors (Lipinski definition) is 2. The fourth-order valence-electron chi connectivity index (χ4n) is 3.83. The Hall–Kier alpha value is -1.02. The van der Waals surface area contributed by atoms with Crippen LogP contribution in [0.2, 0.25) is 0 Å². The van der Waals surface area contributed by atoms with Gasteiger partial charge >= 0.3 is 0 Å². The molecule has 0 aliphatic heterocycles. The van der Waals surface area contributed by atoms with Crippen molar-refractivity contribution < 1.29 is 4.74 Å². The van der Waals surface area contributed by atoms with Crippen molar-refractivity contribution in [2.24, 2.45) is 17.1 Å². The van der Waals surface area contributed by atoms with Crippen molar-refractivity contribution >= 4 is 0 Å². The molecule has 0 bridgehead atoms. The summed E-state index contributed by atoms with van der Waals surface area (Å²) in [6.45, 7) is 9.87. The van der Waals surface area contributed by atoms with Crippen LogP contribution in [-0.4, -0.2) is 6.61 Å². The summed E-state index contributed by atoms with van der Waals surface area (Å²) < 4.78 is 5.68. The lowest BCUT2D eigenvalue weighted by molar-refractivity contribution is 0.0777. The van der Waals surface area contributed by atoms with Crippen molar-refractivity contribution in [2.75, 3.05) is 6.61 Å². The standard InChI is InChI=1S/C19H31NO/c1-5-14-21-16-11-9-15(10-12-16)19(20)13-7-6-8-17(19)18(2,3)4/h9-12,17H,5-8,13-14,20H2,1-4H3. The van der Waals surface area contributed by atoms with Gasteiger partial charge in [0.25, 0.3) is 0 Å². The van der Waals surface area contributed by atoms with E-state index in [9.17, 15) is 0 Å². The molecule has 2 nitrogen and oxygen atoms in total. The second-order valence-electron chi connectivity index (χ2n) is 7.58. The maximum absolute atomic E-state index is 6.92. The van der Waals surface area contributed by atoms with Gasteiger partial charge in [-0.15, -0.1) is 0 Å². The number of ether oxygens (including phenoxy) is 1. The summed E-state index contributed by atoms with van der Waals surface area (Å²) in [5.41, 5.74) is 8.24. The van der Waals surface area contributed by atoms with E-state index in [1.54, 1.807) is 0 Å². The van der Waals surface area contributed by atoms with Crippen LogP contribution in [0, 0.1) is 11.3 Å². The van der Waals surface area contributed by atoms with Crippen molar-refractivity contribution in [3.8, 4) is 5.75 Å². The Kier molecular flexibility index (Phi) is 4.98. The molecule has 2 atom stereocenters. The van der Waals surface area contributed by atoms with Gasteiger partial charge < -0.3 is 10.5 Å². The third kappa shape index (κ3) is 3.60. The van der Waals surface area contributed by atoms with E-state index in [0.717, 1.165) is 25.2 Å². The molecule has 1 fully saturated rings. The van der Waals surface area contributed by atoms with Crippen LogP contribution in [0.4, 0.5) is 0 Å². The number of benzene rings is 1. The Morgan fingerprint density at radius 2 is 1.86 bits per heavy atom. The van der Waals surface area contributed by atoms with Gasteiger partial charge in [-0.3, -0.25) is 0 Å². The third-order valence-electron chi connectivity index (χ3n) is 4.87. The molecule has 2 rings (SSSR count). The summed E-state index contributed by atoms with van der Waals surface area (Å²) in [7, 11) is 0. The Morgan fingerprint density at radius 1 is 1.19 bits per heavy atom. The van der Waals surface area contributed by atoms with Gasteiger partial charge in [0.15, 0.2) is 0 Å². The molecule has 1 saturated carbocycles. The van der Waals surface area contributed by atoms with E-state index in [1.165, 1.54) is 24.8 Å². The van der Waals surface area contributed by atoms with Gasteiger partial charge in [-0.05, 0) is 48.3 Å². The molecule has 118 valence electrons. The van der Waals surface area contributed by atoms with Gasteiger partial charge in [0.2, 0.25) is 0 Å². The van der Waals surface area contributed by atoms with Crippen molar-refractivity contribution in [1.82, 2.24) is 0 Å². The average Bonchev–Trinajstić information content (AvgIpc) is 2.45. The first-order chi connectivity index (χ1) is 9.88. The van der Waals surface area contributed by atoms with Crippen LogP contribution in [0.15, 0.2) is 24.3 Å². The van der Waals surface area contributed by atoms with Gasteiger partial charge in [0.1, 0.15) is 5.75 Å². The van der Waals surface area contributed by atoms with E-state index in [2.05, 4.69) is 52.0 Å². The predicted molar refractivity (Wildman–Crippen MR) is 89.5 cm³/mol. The molecule has 0 radical (unpaired) electrons. The lowest BCUT2D eigenvalue weighted by atomic mass is 9.60. The highest BCUT2D eigenvalue weighted by Crippen LogP contribution is 2.48. The van der Waals surface area contributed by atoms with E-state index in [0.29, 0.717) is 5.92 Å². The Labute approximate surface area is 130 Å². The molecule has 0 heterocycles. The zero-order valence-electron chi connectivity index (χ0n) is 14.1. The summed E-state index contributed by atoms with van der Waals surface area (Å²) in [4.78, 5) is 0. The fraction of sp³-hybridized carbons (Fsp3) is 0.684. The van der Waals surface area contributed by atoms with Gasteiger partial charge in [-0.2, -0.15) is 0 Å². The van der Waals surface area contributed by atoms with Crippen LogP contribution in [0.1, 0.15) is 65.4 Å². The Bertz CT molecular complexity index is 446. The first kappa shape index (κ1) is 16.4. The molecule has 1 aromatic carbocycles. The summed E-state index contributed by atoms with van der Waals surface area (Å²) in [6.07, 6.45) is 5.89. The second-order valence-corrected chi connectivity index (χ2v) is 7.58. The number of hydrogen-bond donors (Lipinski definition) is 1. The summed E-state index contributed by atoms with van der Waals surface area (Å²) in [5.74, 6) is 1.48. The lowest BCUT2D eigenvalue weighted by Gasteiger charge is -2.48. The zero-order valence-corrected chi connectivity index (χ0v) is 14.1. The van der Waals surface area contributed by atoms with Crippen molar-refractivity contribution in [1.29, 1.82) is 0 Å². The van der Waals surface area contributed by atoms with Crippen LogP contribution in [0.25, 0.3) is 0 Å². The molecular weight excluding hydrogens is 258 g/mol. The third-order valence-corrected chi connectivity index (χ3v) is 4.87. The van der Waals surface area contributed by atoms with Gasteiger partial charge in [0.05, 0.1) is 6.61 Å². The molecule has 1 aliphatic carbocycles. The van der Waals surface area contributed by atoms with Crippen LogP contribution in [0.5, 0.6) is 5.75 Å². The average molecular weight is 289 g/mol. The van der Waals surface area contributed by atoms with E-state index in [4.69, 9.17) is 10.5 Å². The van der Waals surface area contributed by atoms with Crippen LogP contribution < -0.4 is 10.5 Å². The lowest BCUT2D eigenvalue weighted by Crippen LogP contribution is -2.51. The number of nitrogens with two attached hydrogens (primary N) is 1. The molecule has 1 aliphatic rings. The first-order valence-electron chi connectivity index (χ1n) is 8.40. The normalized spacial score (nSPS) is 26.6. The monoisotopic (exact) mass is 289 g/mol. The fourth-order valence-corrected chi connectivity index (χ4v) is 3.83. The quantitative estimate of drug-likeness (QED) is 0.858. The van der Waals surface area contributed by atoms with Gasteiger partial charge in [0, 0.05) is 5.54 Å². The van der Waals surface area contributed by atoms with Crippen molar-refractivity contribution in [2.45, 2.75) is 65.3 Å². The van der Waals surface area contributed by atoms with E-state index < -0.39 is 0 Å². The summed E-state index contributed by atoms with van der Waals surface area (Å²) in [6, 6.07) is 8.51. The maximum Gasteiger partial charge on any atom is 0.119 e. The first-order valence-corrected chi connectivity index (χ1v) is 8.40. The Balaban J connectivity index is 2.24. The van der Waals surface area contributed by atoms with Gasteiger partial charge in [-0.25, -0.2) is 0 Å². The molecule has 2 heteroatoms. The zero-order chi connectivity index (χ0) is 15.5. The van der Waals surface area contributed by atoms with E-state index in [-0.39, 0.29) is 11.0 Å². The van der Waals surface area contributed by atoms with E-state index in [1.807, 2.05) is 0 Å². The summed E-state index contributed by atoms with van der Waals surface area (Å²) >= 11 is 0. The van der Waals surface area contributed by atoms with E-state index >= 15 is 0 Å². The topological polar surface area (TPSA) is 35.2 Å². The molecule has 21 heavy (non-hydrogen) atoms. The minimum atomic E-state index is -0.195. The second kappa shape index (κ2) is 6.39. The molecular formula is C19H31NO. The smallest absolute Gasteiger partial charge is 0.119 e. The molecule has 2 unspecified atom stereocenters. The maximum atomic E-state index is 6.92. The molecule has 0 aromatic heterocycles. The summed E-state index contributed by atoms with van der Waals surface area (Å²) in [5, 5.41) is 0. The Morgan fingerprint density at radius 3 is 2.43 bits per heavy atom. The highest BCUT2D eigenvalue weighted by molar-refractivity contribution is 5.33. The molecule has 0 spiro atoms. The largest absolute Gasteiger partial charge is 0.494 e. The van der Waals surface area contributed by atoms with Crippen LogP contribution in [-0.2, 0) is 5.54 Å². The highest BCUT2D eigenvalue weighted by atomic mass is 16.5. The molecule has 2 N–H and O–H groups in total. The van der Waals surface area contributed by atoms with Gasteiger partial charge in [-0.1, -0.05) is 52.7 Å². The molecule has 0 saturated heterocycles. The minimum Gasteiger partial charge on any atom is -0.494 e.